The van der Waals surface area contributed by atoms with Gasteiger partial charge in [0.05, 0.1) is 10.6 Å². The van der Waals surface area contributed by atoms with Gasteiger partial charge in [0.1, 0.15) is 4.90 Å². The van der Waals surface area contributed by atoms with E-state index in [1.165, 1.54) is 0 Å². The molecule has 0 aromatic heterocycles. The molecule has 0 fully saturated rings. The van der Waals surface area contributed by atoms with E-state index in [0.29, 0.717) is 6.07 Å². The summed E-state index contributed by atoms with van der Waals surface area (Å²) in [5.74, 6) is 0. The van der Waals surface area contributed by atoms with Crippen molar-refractivity contribution >= 4 is 38.4 Å². The smallest absolute Gasteiger partial charge is 0.282 e. The number of hydrogen-bond donors (Lipinski definition) is 2. The quantitative estimate of drug-likeness (QED) is 0.161. The molecule has 0 heterocycles. The van der Waals surface area contributed by atoms with Crippen molar-refractivity contribution < 1.29 is 17.9 Å². The number of nitrogens with zero attached hydrogens (tertiary/aromatic N) is 3. The monoisotopic (exact) mass is 316 g/mol. The van der Waals surface area contributed by atoms with Crippen LogP contribution < -0.4 is 5.32 Å². The van der Waals surface area contributed by atoms with Gasteiger partial charge in [-0.2, -0.15) is 13.7 Å². The zero-order valence-corrected chi connectivity index (χ0v) is 11.6. The summed E-state index contributed by atoms with van der Waals surface area (Å²) in [4.78, 5) is 12.9. The first-order chi connectivity index (χ1) is 9.29. The summed E-state index contributed by atoms with van der Waals surface area (Å²) in [7, 11) is -4.69. The van der Waals surface area contributed by atoms with Crippen molar-refractivity contribution in [2.24, 2.45) is 4.99 Å². The lowest BCUT2D eigenvalue weighted by Crippen LogP contribution is -2.13. The second-order valence-electron chi connectivity index (χ2n) is 3.24. The highest BCUT2D eigenvalue weighted by molar-refractivity contribution is 8.13. The van der Waals surface area contributed by atoms with Crippen LogP contribution >= 0.6 is 11.8 Å². The van der Waals surface area contributed by atoms with Crippen LogP contribution in [0.3, 0.4) is 0 Å². The van der Waals surface area contributed by atoms with Crippen LogP contribution in [0.1, 0.15) is 0 Å². The molecule has 0 amide bonds. The van der Waals surface area contributed by atoms with Crippen molar-refractivity contribution in [1.82, 2.24) is 5.32 Å². The molecule has 0 spiro atoms. The summed E-state index contributed by atoms with van der Waals surface area (Å²) in [6, 6.07) is 2.80. The van der Waals surface area contributed by atoms with Crippen LogP contribution in [-0.4, -0.2) is 29.3 Å². The van der Waals surface area contributed by atoms with E-state index in [9.17, 15) is 18.5 Å². The molecule has 0 atom stereocenters. The predicted octanol–water partition coefficient (Wildman–Crippen LogP) is 1.26. The minimum Gasteiger partial charge on any atom is -0.282 e. The lowest BCUT2D eigenvalue weighted by atomic mass is 10.3. The third-order valence-electron chi connectivity index (χ3n) is 2.01. The van der Waals surface area contributed by atoms with E-state index in [2.05, 4.69) is 10.3 Å². The minimum absolute atomic E-state index is 0.0752. The molecule has 0 bridgehead atoms. The number of nitrogens with one attached hydrogen (secondary N) is 1. The van der Waals surface area contributed by atoms with Crippen LogP contribution in [0.4, 0.5) is 11.4 Å². The van der Waals surface area contributed by atoms with Crippen LogP contribution in [0.25, 0.3) is 0 Å². The summed E-state index contributed by atoms with van der Waals surface area (Å²) in [6.45, 7) is 0. The molecule has 2 N–H and O–H groups in total. The Balaban J connectivity index is 3.48. The predicted molar refractivity (Wildman–Crippen MR) is 72.3 cm³/mol. The number of benzene rings is 1. The van der Waals surface area contributed by atoms with Crippen molar-refractivity contribution in [3.63, 3.8) is 0 Å². The Kier molecular flexibility index (Phi) is 5.03. The summed E-state index contributed by atoms with van der Waals surface area (Å²) in [5.41, 5.74) is -0.722. The van der Waals surface area contributed by atoms with Gasteiger partial charge in [0, 0.05) is 12.1 Å². The maximum atomic E-state index is 11.2. The Labute approximate surface area is 118 Å². The number of amidine groups is 1. The van der Waals surface area contributed by atoms with Gasteiger partial charge in [-0.1, -0.05) is 11.8 Å². The summed E-state index contributed by atoms with van der Waals surface area (Å²) in [6.07, 6.45) is 3.19. The van der Waals surface area contributed by atoms with Crippen molar-refractivity contribution in [2.75, 3.05) is 6.26 Å². The Bertz CT molecular complexity index is 708. The fraction of sp³-hybridized carbons (Fsp3) is 0.111. The molecule has 1 aromatic rings. The second kappa shape index (κ2) is 6.33. The molecule has 9 nitrogen and oxygen atoms in total. The molecule has 1 rings (SSSR count). The van der Waals surface area contributed by atoms with Crippen molar-refractivity contribution in [3.8, 4) is 6.19 Å². The number of thioether (sulfide) groups is 1. The highest BCUT2D eigenvalue weighted by Crippen LogP contribution is 2.29. The molecule has 0 saturated carbocycles. The first kappa shape index (κ1) is 15.9. The number of nitro groups is 1. The van der Waals surface area contributed by atoms with Crippen LogP contribution in [0.2, 0.25) is 0 Å². The Morgan fingerprint density at radius 2 is 2.25 bits per heavy atom. The number of aliphatic imine (C=N–C) groups is 1. The van der Waals surface area contributed by atoms with E-state index >= 15 is 0 Å². The SMILES string of the molecule is CSC(=Nc1ccc([N+](=O)[O-])cc1S(=O)(=O)O)NC#N. The molecular formula is C9H8N4O5S2. The van der Waals surface area contributed by atoms with E-state index in [1.807, 2.05) is 0 Å². The highest BCUT2D eigenvalue weighted by atomic mass is 32.2. The number of non-ortho nitro benzene ring substituents is 1. The normalized spacial score (nSPS) is 11.8. The zero-order valence-electron chi connectivity index (χ0n) is 9.97. The summed E-state index contributed by atoms with van der Waals surface area (Å²) >= 11 is 1.03. The van der Waals surface area contributed by atoms with E-state index in [0.717, 1.165) is 23.9 Å². The molecule has 11 heteroatoms. The first-order valence-electron chi connectivity index (χ1n) is 4.83. The Hall–Kier alpha value is -2.16. The highest BCUT2D eigenvalue weighted by Gasteiger charge is 2.20. The van der Waals surface area contributed by atoms with Crippen molar-refractivity contribution in [1.29, 1.82) is 5.26 Å². The fourth-order valence-corrected chi connectivity index (χ4v) is 2.18. The topological polar surface area (TPSA) is 146 Å². The van der Waals surface area contributed by atoms with Gasteiger partial charge in [-0.25, -0.2) is 4.99 Å². The standard InChI is InChI=1S/C9H8N4O5S2/c1-19-9(11-5-10)12-7-3-2-6(13(14)15)4-8(7)20(16,17)18/h2-4H,1H3,(H,11,12)(H,16,17,18). The maximum absolute atomic E-state index is 11.2. The first-order valence-corrected chi connectivity index (χ1v) is 7.49. The van der Waals surface area contributed by atoms with E-state index < -0.39 is 25.6 Å². The lowest BCUT2D eigenvalue weighted by Gasteiger charge is -2.04. The van der Waals surface area contributed by atoms with Gasteiger partial charge >= 0.3 is 0 Å². The van der Waals surface area contributed by atoms with Gasteiger partial charge in [-0.05, 0) is 12.3 Å². The third-order valence-corrected chi connectivity index (χ3v) is 3.47. The zero-order chi connectivity index (χ0) is 15.3. The molecule has 0 aliphatic heterocycles. The molecule has 0 aliphatic rings. The minimum atomic E-state index is -4.69. The Morgan fingerprint density at radius 3 is 2.70 bits per heavy atom. The van der Waals surface area contributed by atoms with Crippen LogP contribution in [-0.2, 0) is 10.1 Å². The second-order valence-corrected chi connectivity index (χ2v) is 5.43. The van der Waals surface area contributed by atoms with E-state index in [4.69, 9.17) is 9.81 Å². The molecular weight excluding hydrogens is 308 g/mol. The average molecular weight is 316 g/mol. The van der Waals surface area contributed by atoms with Gasteiger partial charge < -0.3 is 0 Å². The summed E-state index contributed by atoms with van der Waals surface area (Å²) < 4.78 is 31.5. The van der Waals surface area contributed by atoms with Crippen molar-refractivity contribution in [2.45, 2.75) is 4.90 Å². The number of nitriles is 1. The lowest BCUT2D eigenvalue weighted by molar-refractivity contribution is -0.385. The van der Waals surface area contributed by atoms with Gasteiger partial charge in [0.15, 0.2) is 11.4 Å². The molecule has 0 saturated heterocycles. The molecule has 0 aliphatic carbocycles. The largest absolute Gasteiger partial charge is 0.296 e. The fourth-order valence-electron chi connectivity index (χ4n) is 1.20. The average Bonchev–Trinajstić information content (AvgIpc) is 2.37. The molecule has 1 aromatic carbocycles. The van der Waals surface area contributed by atoms with Gasteiger partial charge in [-0.15, -0.1) is 0 Å². The van der Waals surface area contributed by atoms with Crippen LogP contribution in [0.15, 0.2) is 28.1 Å². The van der Waals surface area contributed by atoms with Crippen LogP contribution in [0, 0.1) is 21.6 Å². The Morgan fingerprint density at radius 1 is 1.60 bits per heavy atom. The van der Waals surface area contributed by atoms with Crippen LogP contribution in [0.5, 0.6) is 0 Å². The molecule has 0 unspecified atom stereocenters. The maximum Gasteiger partial charge on any atom is 0.296 e. The van der Waals surface area contributed by atoms with Gasteiger partial charge in [-0.3, -0.25) is 20.0 Å². The van der Waals surface area contributed by atoms with E-state index in [-0.39, 0.29) is 10.9 Å². The number of nitro benzene ring substituents is 1. The van der Waals surface area contributed by atoms with Gasteiger partial charge in [0.25, 0.3) is 15.8 Å². The molecule has 0 radical (unpaired) electrons. The number of rotatable bonds is 3. The molecule has 106 valence electrons. The summed E-state index contributed by atoms with van der Waals surface area (Å²) in [5, 5.41) is 21.4. The number of hydrogen-bond acceptors (Lipinski definition) is 7. The van der Waals surface area contributed by atoms with Crippen molar-refractivity contribution in [3.05, 3.63) is 28.3 Å². The third kappa shape index (κ3) is 3.92. The van der Waals surface area contributed by atoms with E-state index in [1.54, 1.807) is 12.4 Å². The van der Waals surface area contributed by atoms with Gasteiger partial charge in [0.2, 0.25) is 0 Å². The molecule has 20 heavy (non-hydrogen) atoms.